The Balaban J connectivity index is 2.07. The summed E-state index contributed by atoms with van der Waals surface area (Å²) in [5.41, 5.74) is 0.899. The molecule has 0 aliphatic carbocycles. The van der Waals surface area contributed by atoms with Crippen molar-refractivity contribution in [2.24, 2.45) is 0 Å². The minimum absolute atomic E-state index is 0.0162. The van der Waals surface area contributed by atoms with Gasteiger partial charge in [0.25, 0.3) is 0 Å². The van der Waals surface area contributed by atoms with Crippen LogP contribution in [0.1, 0.15) is 28.7 Å². The third-order valence-corrected chi connectivity index (χ3v) is 5.36. The number of aliphatic hydroxyl groups excluding tert-OH is 3. The Morgan fingerprint density at radius 3 is 2.39 bits per heavy atom. The molecule has 0 amide bonds. The molecule has 6 N–H and O–H groups in total. The van der Waals surface area contributed by atoms with Crippen molar-refractivity contribution in [2.45, 2.75) is 43.2 Å². The van der Waals surface area contributed by atoms with Crippen LogP contribution in [0.25, 0.3) is 0 Å². The quantitative estimate of drug-likeness (QED) is 0.404. The Morgan fingerprint density at radius 1 is 1.14 bits per heavy atom. The van der Waals surface area contributed by atoms with Gasteiger partial charge in [0.2, 0.25) is 11.6 Å². The molecule has 0 saturated carbocycles. The average Bonchev–Trinajstić information content (AvgIpc) is 2.66. The van der Waals surface area contributed by atoms with Crippen LogP contribution in [0.4, 0.5) is 0 Å². The third kappa shape index (κ3) is 3.68. The first-order chi connectivity index (χ1) is 13.1. The van der Waals surface area contributed by atoms with Crippen molar-refractivity contribution in [3.05, 3.63) is 69.7 Å². The molecule has 1 saturated heterocycles. The van der Waals surface area contributed by atoms with Crippen molar-refractivity contribution < 1.29 is 35.4 Å². The molecule has 2 aromatic carbocycles. The molecular formula is C20H23ClO7. The molecule has 0 spiro atoms. The van der Waals surface area contributed by atoms with Gasteiger partial charge in [0.15, 0.2) is 0 Å². The molecule has 4 unspecified atom stereocenters. The predicted octanol–water partition coefficient (Wildman–Crippen LogP) is 0.482. The summed E-state index contributed by atoms with van der Waals surface area (Å²) in [5.74, 6) is -4.85. The molecule has 4 atom stereocenters. The monoisotopic (exact) mass is 410 g/mol. The lowest BCUT2D eigenvalue weighted by Gasteiger charge is -2.43. The maximum absolute atomic E-state index is 10.9. The van der Waals surface area contributed by atoms with Crippen molar-refractivity contribution in [3.63, 3.8) is 0 Å². The highest BCUT2D eigenvalue weighted by molar-refractivity contribution is 6.31. The molecule has 0 aromatic heterocycles. The van der Waals surface area contributed by atoms with Gasteiger partial charge < -0.3 is 35.4 Å². The molecule has 8 heteroatoms. The van der Waals surface area contributed by atoms with E-state index in [4.69, 9.17) is 16.3 Å². The largest absolute Gasteiger partial charge is 0.394 e. The topological polar surface area (TPSA) is 131 Å². The Morgan fingerprint density at radius 2 is 1.79 bits per heavy atom. The minimum Gasteiger partial charge on any atom is -0.394 e. The first kappa shape index (κ1) is 21.2. The summed E-state index contributed by atoms with van der Waals surface area (Å²) in [4.78, 5) is 0. The maximum atomic E-state index is 10.9. The molecule has 1 heterocycles. The molecule has 28 heavy (non-hydrogen) atoms. The van der Waals surface area contributed by atoms with E-state index in [-0.39, 0.29) is 28.1 Å². The molecule has 0 bridgehead atoms. The SMILES string of the molecule is Cc1ccc(C(O)(O)c2cc(C3(O)OC(CO)CC(O)C3O)ccc2Cl)cc1. The summed E-state index contributed by atoms with van der Waals surface area (Å²) in [7, 11) is 0. The lowest BCUT2D eigenvalue weighted by atomic mass is 9.87. The van der Waals surface area contributed by atoms with Gasteiger partial charge in [-0.3, -0.25) is 0 Å². The number of halogens is 1. The van der Waals surface area contributed by atoms with E-state index in [9.17, 15) is 30.6 Å². The molecule has 7 nitrogen and oxygen atoms in total. The van der Waals surface area contributed by atoms with Crippen LogP contribution in [0.15, 0.2) is 42.5 Å². The predicted molar refractivity (Wildman–Crippen MR) is 100 cm³/mol. The van der Waals surface area contributed by atoms with Crippen LogP contribution in [0.5, 0.6) is 0 Å². The Kier molecular flexibility index (Phi) is 5.82. The van der Waals surface area contributed by atoms with Crippen LogP contribution >= 0.6 is 11.6 Å². The van der Waals surface area contributed by atoms with Gasteiger partial charge in [0.1, 0.15) is 6.10 Å². The first-order valence-electron chi connectivity index (χ1n) is 8.79. The number of aryl methyl sites for hydroxylation is 1. The van der Waals surface area contributed by atoms with E-state index in [0.29, 0.717) is 0 Å². The van der Waals surface area contributed by atoms with Gasteiger partial charge in [-0.25, -0.2) is 0 Å². The highest BCUT2D eigenvalue weighted by Gasteiger charge is 2.50. The lowest BCUT2D eigenvalue weighted by molar-refractivity contribution is -0.334. The normalized spacial score (nSPS) is 28.4. The van der Waals surface area contributed by atoms with E-state index in [1.165, 1.54) is 30.3 Å². The Hall–Kier alpha value is -1.55. The second kappa shape index (κ2) is 7.70. The minimum atomic E-state index is -2.48. The van der Waals surface area contributed by atoms with E-state index in [0.717, 1.165) is 5.56 Å². The fourth-order valence-corrected chi connectivity index (χ4v) is 3.59. The number of aliphatic hydroxyl groups is 6. The van der Waals surface area contributed by atoms with E-state index in [1.54, 1.807) is 12.1 Å². The summed E-state index contributed by atoms with van der Waals surface area (Å²) in [6.07, 6.45) is -4.03. The van der Waals surface area contributed by atoms with Crippen molar-refractivity contribution >= 4 is 11.6 Å². The molecule has 152 valence electrons. The van der Waals surface area contributed by atoms with Crippen LogP contribution in [0.3, 0.4) is 0 Å². The van der Waals surface area contributed by atoms with Crippen molar-refractivity contribution in [2.75, 3.05) is 6.61 Å². The van der Waals surface area contributed by atoms with Crippen molar-refractivity contribution in [1.29, 1.82) is 0 Å². The number of hydrogen-bond donors (Lipinski definition) is 6. The van der Waals surface area contributed by atoms with Gasteiger partial charge in [-0.2, -0.15) is 0 Å². The summed E-state index contributed by atoms with van der Waals surface area (Å²) in [6, 6.07) is 10.3. The van der Waals surface area contributed by atoms with E-state index in [2.05, 4.69) is 0 Å². The van der Waals surface area contributed by atoms with Gasteiger partial charge in [-0.1, -0.05) is 47.5 Å². The molecule has 0 radical (unpaired) electrons. The number of ether oxygens (including phenoxy) is 1. The molecule has 1 fully saturated rings. The maximum Gasteiger partial charge on any atom is 0.222 e. The summed E-state index contributed by atoms with van der Waals surface area (Å²) >= 11 is 6.17. The summed E-state index contributed by atoms with van der Waals surface area (Å²) in [6.45, 7) is 1.38. The molecule has 1 aliphatic rings. The smallest absolute Gasteiger partial charge is 0.222 e. The summed E-state index contributed by atoms with van der Waals surface area (Å²) < 4.78 is 5.41. The zero-order valence-electron chi connectivity index (χ0n) is 15.2. The van der Waals surface area contributed by atoms with E-state index in [1.807, 2.05) is 6.92 Å². The fourth-order valence-electron chi connectivity index (χ4n) is 3.34. The first-order valence-corrected chi connectivity index (χ1v) is 9.17. The van der Waals surface area contributed by atoms with Gasteiger partial charge in [-0.15, -0.1) is 0 Å². The fraction of sp³-hybridized carbons (Fsp3) is 0.400. The second-order valence-corrected chi connectivity index (χ2v) is 7.51. The zero-order valence-corrected chi connectivity index (χ0v) is 15.9. The van der Waals surface area contributed by atoms with Crippen molar-refractivity contribution in [1.82, 2.24) is 0 Å². The van der Waals surface area contributed by atoms with Gasteiger partial charge in [0.05, 0.1) is 18.8 Å². The van der Waals surface area contributed by atoms with Crippen LogP contribution < -0.4 is 0 Å². The molecule has 2 aromatic rings. The Labute approximate surface area is 167 Å². The lowest BCUT2D eigenvalue weighted by Crippen LogP contribution is -2.56. The third-order valence-electron chi connectivity index (χ3n) is 5.03. The van der Waals surface area contributed by atoms with E-state index < -0.39 is 36.5 Å². The van der Waals surface area contributed by atoms with Crippen LogP contribution in [-0.4, -0.2) is 55.6 Å². The highest BCUT2D eigenvalue weighted by atomic mass is 35.5. The molecular weight excluding hydrogens is 388 g/mol. The zero-order chi connectivity index (χ0) is 20.7. The Bertz CT molecular complexity index is 839. The van der Waals surface area contributed by atoms with Crippen LogP contribution in [0, 0.1) is 6.92 Å². The standard InChI is InChI=1S/C20H23ClO7/c1-11-2-4-12(5-3-11)19(25,26)15-8-13(6-7-16(15)21)20(27)18(24)17(23)9-14(10-22)28-20/h2-8,14,17-18,22-27H,9-10H2,1H3. The van der Waals surface area contributed by atoms with Gasteiger partial charge in [-0.05, 0) is 19.1 Å². The van der Waals surface area contributed by atoms with Crippen LogP contribution in [0.2, 0.25) is 5.02 Å². The van der Waals surface area contributed by atoms with Gasteiger partial charge >= 0.3 is 0 Å². The number of hydrogen-bond acceptors (Lipinski definition) is 7. The van der Waals surface area contributed by atoms with Gasteiger partial charge in [0, 0.05) is 28.1 Å². The number of rotatable bonds is 4. The van der Waals surface area contributed by atoms with E-state index >= 15 is 0 Å². The summed E-state index contributed by atoms with van der Waals surface area (Å²) in [5, 5.41) is 62.1. The second-order valence-electron chi connectivity index (χ2n) is 7.10. The molecule has 3 rings (SSSR count). The van der Waals surface area contributed by atoms with Crippen LogP contribution in [-0.2, 0) is 16.3 Å². The van der Waals surface area contributed by atoms with Crippen molar-refractivity contribution in [3.8, 4) is 0 Å². The average molecular weight is 411 g/mol. The molecule has 1 aliphatic heterocycles. The highest BCUT2D eigenvalue weighted by Crippen LogP contribution is 2.40. The number of benzene rings is 2.